The standard InChI is InChI=1S/C19H18N2O2S/c1-24-19-6-5-15(10-20-19)21-18(22)9-14-11-23-17-8-13-4-2-3-12(13)7-16(14)17/h5-8,10-11H,2-4,9H2,1H3,(H,21,22). The summed E-state index contributed by atoms with van der Waals surface area (Å²) >= 11 is 1.58. The number of rotatable bonds is 4. The zero-order chi connectivity index (χ0) is 16.5. The molecule has 0 bridgehead atoms. The van der Waals surface area contributed by atoms with Gasteiger partial charge in [0.25, 0.3) is 0 Å². The average molecular weight is 338 g/mol. The maximum Gasteiger partial charge on any atom is 0.228 e. The molecule has 0 fully saturated rings. The third kappa shape index (κ3) is 2.91. The number of benzene rings is 1. The number of hydrogen-bond acceptors (Lipinski definition) is 4. The maximum absolute atomic E-state index is 12.3. The molecule has 2 aromatic heterocycles. The molecule has 1 N–H and O–H groups in total. The summed E-state index contributed by atoms with van der Waals surface area (Å²) in [4.78, 5) is 16.6. The number of furan rings is 1. The number of aryl methyl sites for hydroxylation is 2. The van der Waals surface area contributed by atoms with E-state index in [0.717, 1.165) is 34.4 Å². The number of amides is 1. The van der Waals surface area contributed by atoms with Crippen molar-refractivity contribution in [3.8, 4) is 0 Å². The molecule has 1 amide bonds. The molecule has 3 aromatic rings. The molecular weight excluding hydrogens is 320 g/mol. The van der Waals surface area contributed by atoms with Crippen LogP contribution in [0, 0.1) is 0 Å². The van der Waals surface area contributed by atoms with Gasteiger partial charge in [-0.2, -0.15) is 0 Å². The fourth-order valence-electron chi connectivity index (χ4n) is 3.24. The number of fused-ring (bicyclic) bond motifs is 2. The minimum absolute atomic E-state index is 0.0584. The Kier molecular flexibility index (Phi) is 4.02. The van der Waals surface area contributed by atoms with Gasteiger partial charge in [0.2, 0.25) is 5.91 Å². The second-order valence-corrected chi connectivity index (χ2v) is 6.87. The van der Waals surface area contributed by atoms with Crippen LogP contribution in [0.2, 0.25) is 0 Å². The molecule has 1 aliphatic rings. The number of anilines is 1. The lowest BCUT2D eigenvalue weighted by molar-refractivity contribution is -0.115. The summed E-state index contributed by atoms with van der Waals surface area (Å²) < 4.78 is 5.66. The largest absolute Gasteiger partial charge is 0.464 e. The first-order chi connectivity index (χ1) is 11.7. The smallest absolute Gasteiger partial charge is 0.228 e. The van der Waals surface area contributed by atoms with Gasteiger partial charge in [-0.15, -0.1) is 11.8 Å². The summed E-state index contributed by atoms with van der Waals surface area (Å²) in [5, 5.41) is 4.89. The summed E-state index contributed by atoms with van der Waals surface area (Å²) in [6.45, 7) is 0. The first-order valence-corrected chi connectivity index (χ1v) is 9.27. The minimum atomic E-state index is -0.0584. The number of carbonyl (C=O) groups is 1. The SMILES string of the molecule is CSc1ccc(NC(=O)Cc2coc3cc4c(cc23)CCC4)cn1. The Morgan fingerprint density at radius 1 is 1.29 bits per heavy atom. The Labute approximate surface area is 144 Å². The molecule has 0 spiro atoms. The molecule has 0 unspecified atom stereocenters. The van der Waals surface area contributed by atoms with Gasteiger partial charge in [-0.25, -0.2) is 4.98 Å². The number of nitrogens with zero attached hydrogens (tertiary/aromatic N) is 1. The third-order valence-electron chi connectivity index (χ3n) is 4.45. The van der Waals surface area contributed by atoms with Gasteiger partial charge in [0, 0.05) is 10.9 Å². The molecule has 0 aliphatic heterocycles. The van der Waals surface area contributed by atoms with Gasteiger partial charge in [-0.1, -0.05) is 0 Å². The number of thioether (sulfide) groups is 1. The summed E-state index contributed by atoms with van der Waals surface area (Å²) in [5.74, 6) is -0.0584. The van der Waals surface area contributed by atoms with E-state index < -0.39 is 0 Å². The van der Waals surface area contributed by atoms with E-state index in [1.807, 2.05) is 18.4 Å². The van der Waals surface area contributed by atoms with E-state index in [4.69, 9.17) is 4.42 Å². The molecule has 4 nitrogen and oxygen atoms in total. The minimum Gasteiger partial charge on any atom is -0.464 e. The highest BCUT2D eigenvalue weighted by molar-refractivity contribution is 7.98. The number of aromatic nitrogens is 1. The van der Waals surface area contributed by atoms with E-state index in [0.29, 0.717) is 12.1 Å². The first kappa shape index (κ1) is 15.3. The Morgan fingerprint density at radius 3 is 2.88 bits per heavy atom. The Hall–Kier alpha value is -2.27. The van der Waals surface area contributed by atoms with Crippen LogP contribution in [0.1, 0.15) is 23.1 Å². The first-order valence-electron chi connectivity index (χ1n) is 8.05. The van der Waals surface area contributed by atoms with E-state index in [9.17, 15) is 4.79 Å². The van der Waals surface area contributed by atoms with E-state index in [2.05, 4.69) is 22.4 Å². The van der Waals surface area contributed by atoms with Crippen molar-refractivity contribution in [3.63, 3.8) is 0 Å². The van der Waals surface area contributed by atoms with Crippen LogP contribution in [-0.4, -0.2) is 17.1 Å². The van der Waals surface area contributed by atoms with Crippen LogP contribution in [0.3, 0.4) is 0 Å². The summed E-state index contributed by atoms with van der Waals surface area (Å²) in [6.07, 6.45) is 9.11. The number of pyridine rings is 1. The van der Waals surface area contributed by atoms with Crippen LogP contribution in [-0.2, 0) is 24.1 Å². The molecule has 1 aliphatic carbocycles. The third-order valence-corrected chi connectivity index (χ3v) is 5.11. The van der Waals surface area contributed by atoms with Gasteiger partial charge in [0.15, 0.2) is 0 Å². The molecule has 0 saturated heterocycles. The second-order valence-electron chi connectivity index (χ2n) is 6.05. The fraction of sp³-hybridized carbons (Fsp3) is 0.263. The molecule has 24 heavy (non-hydrogen) atoms. The highest BCUT2D eigenvalue weighted by atomic mass is 32.2. The zero-order valence-corrected chi connectivity index (χ0v) is 14.3. The molecule has 0 saturated carbocycles. The lowest BCUT2D eigenvalue weighted by Gasteiger charge is -2.05. The monoisotopic (exact) mass is 338 g/mol. The van der Waals surface area contributed by atoms with Crippen LogP contribution in [0.5, 0.6) is 0 Å². The van der Waals surface area contributed by atoms with E-state index in [-0.39, 0.29) is 5.91 Å². The molecule has 1 aromatic carbocycles. The number of hydrogen-bond donors (Lipinski definition) is 1. The summed E-state index contributed by atoms with van der Waals surface area (Å²) in [5.41, 5.74) is 5.30. The van der Waals surface area contributed by atoms with Gasteiger partial charge in [0.1, 0.15) is 5.58 Å². The average Bonchev–Trinajstić information content (AvgIpc) is 3.20. The normalized spacial score (nSPS) is 13.2. The van der Waals surface area contributed by atoms with E-state index >= 15 is 0 Å². The number of carbonyl (C=O) groups excluding carboxylic acids is 1. The van der Waals surface area contributed by atoms with Crippen molar-refractivity contribution >= 4 is 34.3 Å². The van der Waals surface area contributed by atoms with Crippen LogP contribution in [0.15, 0.2) is 46.2 Å². The van der Waals surface area contributed by atoms with Crippen molar-refractivity contribution < 1.29 is 9.21 Å². The van der Waals surface area contributed by atoms with Crippen LogP contribution >= 0.6 is 11.8 Å². The van der Waals surface area contributed by atoms with Crippen LogP contribution in [0.25, 0.3) is 11.0 Å². The predicted octanol–water partition coefficient (Wildman–Crippen LogP) is 4.22. The fourth-order valence-corrected chi connectivity index (χ4v) is 3.60. The van der Waals surface area contributed by atoms with Crippen molar-refractivity contribution in [2.75, 3.05) is 11.6 Å². The molecule has 5 heteroatoms. The highest BCUT2D eigenvalue weighted by Crippen LogP contribution is 2.30. The molecular formula is C19H18N2O2S. The molecule has 0 radical (unpaired) electrons. The molecule has 0 atom stereocenters. The Bertz CT molecular complexity index is 900. The van der Waals surface area contributed by atoms with Crippen molar-refractivity contribution in [1.82, 2.24) is 4.98 Å². The molecule has 2 heterocycles. The lowest BCUT2D eigenvalue weighted by Crippen LogP contribution is -2.14. The zero-order valence-electron chi connectivity index (χ0n) is 13.5. The summed E-state index contributed by atoms with van der Waals surface area (Å²) in [7, 11) is 0. The van der Waals surface area contributed by atoms with Gasteiger partial charge >= 0.3 is 0 Å². The van der Waals surface area contributed by atoms with Gasteiger partial charge in [-0.05, 0) is 60.9 Å². The van der Waals surface area contributed by atoms with Gasteiger partial charge < -0.3 is 9.73 Å². The highest BCUT2D eigenvalue weighted by Gasteiger charge is 2.16. The Balaban J connectivity index is 1.52. The van der Waals surface area contributed by atoms with Crippen molar-refractivity contribution in [3.05, 3.63) is 53.4 Å². The van der Waals surface area contributed by atoms with Crippen molar-refractivity contribution in [2.45, 2.75) is 30.7 Å². The topological polar surface area (TPSA) is 55.1 Å². The summed E-state index contributed by atoms with van der Waals surface area (Å²) in [6, 6.07) is 8.09. The van der Waals surface area contributed by atoms with Crippen LogP contribution in [0.4, 0.5) is 5.69 Å². The maximum atomic E-state index is 12.3. The van der Waals surface area contributed by atoms with E-state index in [1.54, 1.807) is 24.2 Å². The molecule has 4 rings (SSSR count). The van der Waals surface area contributed by atoms with Crippen molar-refractivity contribution in [2.24, 2.45) is 0 Å². The van der Waals surface area contributed by atoms with Crippen molar-refractivity contribution in [1.29, 1.82) is 0 Å². The Morgan fingerprint density at radius 2 is 2.12 bits per heavy atom. The lowest BCUT2D eigenvalue weighted by atomic mass is 10.0. The van der Waals surface area contributed by atoms with E-state index in [1.165, 1.54) is 17.5 Å². The van der Waals surface area contributed by atoms with Gasteiger partial charge in [-0.3, -0.25) is 4.79 Å². The quantitative estimate of drug-likeness (QED) is 0.724. The molecule has 122 valence electrons. The van der Waals surface area contributed by atoms with Crippen LogP contribution < -0.4 is 5.32 Å². The predicted molar refractivity (Wildman–Crippen MR) is 96.6 cm³/mol. The number of nitrogens with one attached hydrogen (secondary N) is 1. The van der Waals surface area contributed by atoms with Gasteiger partial charge in [0.05, 0.1) is 29.6 Å². The second kappa shape index (κ2) is 6.32.